The fourth-order valence-electron chi connectivity index (χ4n) is 2.90. The maximum absolute atomic E-state index is 6.20. The van der Waals surface area contributed by atoms with E-state index in [1.54, 1.807) is 13.1 Å². The van der Waals surface area contributed by atoms with Crippen LogP contribution in [0.4, 0.5) is 0 Å². The molecule has 0 bridgehead atoms. The van der Waals surface area contributed by atoms with Crippen molar-refractivity contribution in [3.05, 3.63) is 45.5 Å². The van der Waals surface area contributed by atoms with Crippen molar-refractivity contribution in [1.29, 1.82) is 0 Å². The van der Waals surface area contributed by atoms with Crippen molar-refractivity contribution in [1.82, 2.24) is 25.4 Å². The summed E-state index contributed by atoms with van der Waals surface area (Å²) in [5, 5.41) is 16.4. The molecule has 1 aromatic heterocycles. The van der Waals surface area contributed by atoms with Gasteiger partial charge in [0, 0.05) is 36.6 Å². The van der Waals surface area contributed by atoms with Crippen LogP contribution in [0.3, 0.4) is 0 Å². The van der Waals surface area contributed by atoms with E-state index in [1.165, 1.54) is 19.3 Å². The lowest BCUT2D eigenvalue weighted by Gasteiger charge is -2.13. The highest BCUT2D eigenvalue weighted by molar-refractivity contribution is 14.0. The number of nitrogens with one attached hydrogen (secondary N) is 2. The van der Waals surface area contributed by atoms with Crippen LogP contribution in [-0.4, -0.2) is 27.8 Å². The minimum Gasteiger partial charge on any atom is -0.352 e. The number of nitrogens with zero attached hydrogens (tertiary/aromatic N) is 4. The fraction of sp³-hybridized carbons (Fsp3) is 0.471. The molecular weight excluding hydrogens is 486 g/mol. The summed E-state index contributed by atoms with van der Waals surface area (Å²) < 4.78 is 2.23. The minimum atomic E-state index is 0. The summed E-state index contributed by atoms with van der Waals surface area (Å²) in [5.74, 6) is 2.73. The number of halogens is 3. The third-order valence-electron chi connectivity index (χ3n) is 4.29. The first-order chi connectivity index (χ1) is 12.2. The number of benzene rings is 1. The predicted octanol–water partition coefficient (Wildman–Crippen LogP) is 3.79. The van der Waals surface area contributed by atoms with E-state index in [0.717, 1.165) is 30.2 Å². The second-order valence-electron chi connectivity index (χ2n) is 6.01. The monoisotopic (exact) mass is 508 g/mol. The molecule has 1 aliphatic heterocycles. The number of aromatic nitrogens is 3. The summed E-state index contributed by atoms with van der Waals surface area (Å²) in [4.78, 5) is 4.25. The molecule has 2 aromatic rings. The highest BCUT2D eigenvalue weighted by atomic mass is 127. The van der Waals surface area contributed by atoms with Crippen molar-refractivity contribution >= 4 is 53.1 Å². The van der Waals surface area contributed by atoms with Crippen LogP contribution in [0.25, 0.3) is 0 Å². The summed E-state index contributed by atoms with van der Waals surface area (Å²) in [5.41, 5.74) is 0.963. The molecule has 2 N–H and O–H groups in total. The average Bonchev–Trinajstić information content (AvgIpc) is 2.83. The molecule has 0 unspecified atom stereocenters. The lowest BCUT2D eigenvalue weighted by atomic mass is 10.2. The van der Waals surface area contributed by atoms with E-state index in [2.05, 4.69) is 30.4 Å². The molecule has 1 aliphatic rings. The minimum absolute atomic E-state index is 0. The molecule has 0 amide bonds. The van der Waals surface area contributed by atoms with Crippen LogP contribution >= 0.6 is 47.2 Å². The van der Waals surface area contributed by atoms with Crippen LogP contribution in [0.2, 0.25) is 10.0 Å². The van der Waals surface area contributed by atoms with Gasteiger partial charge in [0.05, 0.1) is 6.54 Å². The second kappa shape index (κ2) is 10.3. The molecule has 0 spiro atoms. The molecule has 6 nitrogen and oxygen atoms in total. The molecule has 0 radical (unpaired) electrons. The highest BCUT2D eigenvalue weighted by Gasteiger charge is 2.14. The van der Waals surface area contributed by atoms with Gasteiger partial charge in [0.1, 0.15) is 5.82 Å². The van der Waals surface area contributed by atoms with E-state index in [4.69, 9.17) is 23.2 Å². The molecule has 0 saturated carbocycles. The van der Waals surface area contributed by atoms with E-state index in [1.807, 2.05) is 12.1 Å². The number of guanidine groups is 1. The van der Waals surface area contributed by atoms with E-state index >= 15 is 0 Å². The molecule has 9 heteroatoms. The summed E-state index contributed by atoms with van der Waals surface area (Å²) in [6, 6.07) is 5.47. The molecular formula is C17H23Cl2IN6. The Balaban J connectivity index is 0.00000243. The van der Waals surface area contributed by atoms with Crippen LogP contribution in [0, 0.1) is 0 Å². The third kappa shape index (κ3) is 5.47. The largest absolute Gasteiger partial charge is 0.352 e. The van der Waals surface area contributed by atoms with Gasteiger partial charge in [0.2, 0.25) is 0 Å². The molecule has 0 fully saturated rings. The van der Waals surface area contributed by atoms with Crippen molar-refractivity contribution in [3.8, 4) is 0 Å². The summed E-state index contributed by atoms with van der Waals surface area (Å²) in [6.45, 7) is 2.14. The van der Waals surface area contributed by atoms with Crippen molar-refractivity contribution in [2.24, 2.45) is 4.99 Å². The van der Waals surface area contributed by atoms with E-state index in [-0.39, 0.29) is 24.0 Å². The first kappa shape index (κ1) is 21.2. The van der Waals surface area contributed by atoms with Gasteiger partial charge >= 0.3 is 0 Å². The Kier molecular flexibility index (Phi) is 8.43. The van der Waals surface area contributed by atoms with Gasteiger partial charge in [-0.2, -0.15) is 0 Å². The summed E-state index contributed by atoms with van der Waals surface area (Å²) in [6.07, 6.45) is 4.63. The zero-order valence-electron chi connectivity index (χ0n) is 14.6. The molecule has 0 saturated heterocycles. The Morgan fingerprint density at radius 2 is 1.96 bits per heavy atom. The zero-order chi connectivity index (χ0) is 17.6. The number of hydrogen-bond donors (Lipinski definition) is 2. The summed E-state index contributed by atoms with van der Waals surface area (Å²) >= 11 is 12.1. The predicted molar refractivity (Wildman–Crippen MR) is 116 cm³/mol. The Morgan fingerprint density at radius 3 is 2.73 bits per heavy atom. The Morgan fingerprint density at radius 1 is 1.15 bits per heavy atom. The molecule has 26 heavy (non-hydrogen) atoms. The van der Waals surface area contributed by atoms with Gasteiger partial charge in [-0.1, -0.05) is 35.7 Å². The Labute approximate surface area is 180 Å². The van der Waals surface area contributed by atoms with Gasteiger partial charge in [-0.25, -0.2) is 0 Å². The topological polar surface area (TPSA) is 67.1 Å². The van der Waals surface area contributed by atoms with Crippen LogP contribution < -0.4 is 10.6 Å². The molecule has 142 valence electrons. The first-order valence-corrected chi connectivity index (χ1v) is 9.22. The highest BCUT2D eigenvalue weighted by Crippen LogP contribution is 2.20. The second-order valence-corrected chi connectivity index (χ2v) is 6.85. The van der Waals surface area contributed by atoms with Gasteiger partial charge in [-0.15, -0.1) is 34.2 Å². The van der Waals surface area contributed by atoms with Crippen LogP contribution in [0.15, 0.2) is 23.2 Å². The van der Waals surface area contributed by atoms with E-state index in [9.17, 15) is 0 Å². The number of aliphatic imine (C=N–C) groups is 1. The van der Waals surface area contributed by atoms with Crippen molar-refractivity contribution in [2.75, 3.05) is 7.05 Å². The van der Waals surface area contributed by atoms with Gasteiger partial charge < -0.3 is 15.2 Å². The molecule has 3 rings (SSSR count). The lowest BCUT2D eigenvalue weighted by Crippen LogP contribution is -2.37. The number of hydrogen-bond acceptors (Lipinski definition) is 3. The van der Waals surface area contributed by atoms with E-state index < -0.39 is 0 Å². The normalized spacial score (nSPS) is 14.2. The molecule has 0 atom stereocenters. The van der Waals surface area contributed by atoms with Gasteiger partial charge in [-0.05, 0) is 30.5 Å². The van der Waals surface area contributed by atoms with Gasteiger partial charge in [0.15, 0.2) is 11.8 Å². The standard InChI is InChI=1S/C17H22Cl2N6.HI/c1-20-17(21-10-12-6-7-13(18)9-14(12)19)22-11-16-24-23-15-5-3-2-4-8-25(15)16;/h6-7,9H,2-5,8,10-11H2,1H3,(H2,20,21,22);1H. The number of rotatable bonds is 4. The maximum Gasteiger partial charge on any atom is 0.191 e. The Hall–Kier alpha value is -1.06. The maximum atomic E-state index is 6.20. The zero-order valence-corrected chi connectivity index (χ0v) is 18.5. The van der Waals surface area contributed by atoms with E-state index in [0.29, 0.717) is 29.1 Å². The smallest absolute Gasteiger partial charge is 0.191 e. The van der Waals surface area contributed by atoms with Crippen molar-refractivity contribution in [3.63, 3.8) is 0 Å². The third-order valence-corrected chi connectivity index (χ3v) is 4.87. The first-order valence-electron chi connectivity index (χ1n) is 8.47. The molecule has 0 aliphatic carbocycles. The van der Waals surface area contributed by atoms with Crippen molar-refractivity contribution < 1.29 is 0 Å². The SMILES string of the molecule is CN=C(NCc1ccc(Cl)cc1Cl)NCc1nnc2n1CCCCC2.I. The summed E-state index contributed by atoms with van der Waals surface area (Å²) in [7, 11) is 1.74. The van der Waals surface area contributed by atoms with Crippen LogP contribution in [-0.2, 0) is 26.1 Å². The van der Waals surface area contributed by atoms with Gasteiger partial charge in [0.25, 0.3) is 0 Å². The van der Waals surface area contributed by atoms with Crippen molar-refractivity contribution in [2.45, 2.75) is 45.3 Å². The lowest BCUT2D eigenvalue weighted by molar-refractivity contribution is 0.596. The van der Waals surface area contributed by atoms with Crippen LogP contribution in [0.5, 0.6) is 0 Å². The molecule has 2 heterocycles. The van der Waals surface area contributed by atoms with Crippen LogP contribution in [0.1, 0.15) is 36.5 Å². The number of fused-ring (bicyclic) bond motifs is 1. The average molecular weight is 509 g/mol. The quantitative estimate of drug-likeness (QED) is 0.374. The Bertz CT molecular complexity index is 762. The number of aryl methyl sites for hydroxylation is 1. The van der Waals surface area contributed by atoms with Gasteiger partial charge in [-0.3, -0.25) is 4.99 Å². The fourth-order valence-corrected chi connectivity index (χ4v) is 3.38. The molecule has 1 aromatic carbocycles.